The second-order valence-corrected chi connectivity index (χ2v) is 3.73. The number of hydrogen-bond donors (Lipinski definition) is 1. The van der Waals surface area contributed by atoms with Gasteiger partial charge in [-0.25, -0.2) is 9.07 Å². The lowest BCUT2D eigenvalue weighted by Gasteiger charge is -2.08. The Morgan fingerprint density at radius 1 is 1.41 bits per heavy atom. The maximum atomic E-state index is 13.5. The van der Waals surface area contributed by atoms with Crippen molar-refractivity contribution >= 4 is 0 Å². The second-order valence-electron chi connectivity index (χ2n) is 3.73. The van der Waals surface area contributed by atoms with Crippen LogP contribution in [0.5, 0.6) is 11.6 Å². The van der Waals surface area contributed by atoms with Crippen molar-refractivity contribution in [2.24, 2.45) is 12.8 Å². The van der Waals surface area contributed by atoms with E-state index in [1.54, 1.807) is 29.9 Å². The van der Waals surface area contributed by atoms with Crippen molar-refractivity contribution in [3.8, 4) is 11.6 Å². The molecule has 17 heavy (non-hydrogen) atoms. The number of ether oxygens (including phenoxy) is 1. The zero-order valence-corrected chi connectivity index (χ0v) is 9.77. The highest BCUT2D eigenvalue weighted by Crippen LogP contribution is 2.28. The third-order valence-corrected chi connectivity index (χ3v) is 2.54. The lowest BCUT2D eigenvalue weighted by molar-refractivity contribution is 0.400. The van der Waals surface area contributed by atoms with E-state index in [1.165, 1.54) is 6.07 Å². The van der Waals surface area contributed by atoms with Crippen LogP contribution in [0, 0.1) is 12.7 Å². The van der Waals surface area contributed by atoms with Gasteiger partial charge < -0.3 is 10.5 Å². The van der Waals surface area contributed by atoms with Crippen molar-refractivity contribution in [1.29, 1.82) is 0 Å². The minimum atomic E-state index is -0.408. The Morgan fingerprint density at radius 3 is 2.76 bits per heavy atom. The molecular formula is C12H14FN3O. The smallest absolute Gasteiger partial charge is 0.222 e. The molecule has 90 valence electrons. The normalized spacial score (nSPS) is 10.6. The molecule has 0 spiro atoms. The van der Waals surface area contributed by atoms with Gasteiger partial charge in [-0.05, 0) is 19.1 Å². The first kappa shape index (κ1) is 11.6. The molecule has 0 fully saturated rings. The average molecular weight is 235 g/mol. The fourth-order valence-corrected chi connectivity index (χ4v) is 1.68. The van der Waals surface area contributed by atoms with E-state index in [4.69, 9.17) is 10.5 Å². The molecule has 0 radical (unpaired) electrons. The maximum Gasteiger partial charge on any atom is 0.222 e. The minimum absolute atomic E-state index is 0.171. The SMILES string of the molecule is Cc1nn(C)c(Oc2ccccc2F)c1CN. The number of aryl methyl sites for hydroxylation is 2. The standard InChI is InChI=1S/C12H14FN3O/c1-8-9(7-14)12(16(2)15-8)17-11-6-4-3-5-10(11)13/h3-6H,7,14H2,1-2H3. The van der Waals surface area contributed by atoms with Crippen LogP contribution in [0.4, 0.5) is 4.39 Å². The molecule has 0 bridgehead atoms. The Kier molecular flexibility index (Phi) is 3.10. The third kappa shape index (κ3) is 2.14. The van der Waals surface area contributed by atoms with Gasteiger partial charge in [0.05, 0.1) is 11.3 Å². The summed E-state index contributed by atoms with van der Waals surface area (Å²) >= 11 is 0. The van der Waals surface area contributed by atoms with E-state index in [-0.39, 0.29) is 5.75 Å². The van der Waals surface area contributed by atoms with Crippen LogP contribution < -0.4 is 10.5 Å². The van der Waals surface area contributed by atoms with E-state index < -0.39 is 5.82 Å². The number of rotatable bonds is 3. The number of hydrogen-bond acceptors (Lipinski definition) is 3. The summed E-state index contributed by atoms with van der Waals surface area (Å²) in [7, 11) is 1.74. The number of aromatic nitrogens is 2. The molecule has 2 N–H and O–H groups in total. The molecule has 4 nitrogen and oxygen atoms in total. The monoisotopic (exact) mass is 235 g/mol. The van der Waals surface area contributed by atoms with Gasteiger partial charge in [-0.2, -0.15) is 5.10 Å². The van der Waals surface area contributed by atoms with Crippen LogP contribution in [0.2, 0.25) is 0 Å². The topological polar surface area (TPSA) is 53.1 Å². The maximum absolute atomic E-state index is 13.5. The average Bonchev–Trinajstić information content (AvgIpc) is 2.56. The predicted molar refractivity (Wildman–Crippen MR) is 62.3 cm³/mol. The van der Waals surface area contributed by atoms with Gasteiger partial charge in [0.15, 0.2) is 11.6 Å². The van der Waals surface area contributed by atoms with Crippen LogP contribution in [0.15, 0.2) is 24.3 Å². The Morgan fingerprint density at radius 2 is 2.12 bits per heavy atom. The number of nitrogens with zero attached hydrogens (tertiary/aromatic N) is 2. The molecule has 1 heterocycles. The van der Waals surface area contributed by atoms with Crippen molar-refractivity contribution < 1.29 is 9.13 Å². The molecule has 0 amide bonds. The fourth-order valence-electron chi connectivity index (χ4n) is 1.68. The van der Waals surface area contributed by atoms with Crippen LogP contribution in [-0.2, 0) is 13.6 Å². The highest BCUT2D eigenvalue weighted by atomic mass is 19.1. The van der Waals surface area contributed by atoms with E-state index in [0.29, 0.717) is 12.4 Å². The summed E-state index contributed by atoms with van der Waals surface area (Å²) < 4.78 is 20.6. The molecule has 2 aromatic rings. The Hall–Kier alpha value is -1.88. The lowest BCUT2D eigenvalue weighted by Crippen LogP contribution is -2.02. The van der Waals surface area contributed by atoms with Crippen molar-refractivity contribution in [2.45, 2.75) is 13.5 Å². The Labute approximate surface area is 98.8 Å². The highest BCUT2D eigenvalue weighted by molar-refractivity contribution is 5.36. The lowest BCUT2D eigenvalue weighted by atomic mass is 10.2. The van der Waals surface area contributed by atoms with Gasteiger partial charge >= 0.3 is 0 Å². The number of nitrogens with two attached hydrogens (primary N) is 1. The van der Waals surface area contributed by atoms with E-state index >= 15 is 0 Å². The van der Waals surface area contributed by atoms with Crippen LogP contribution in [0.3, 0.4) is 0 Å². The van der Waals surface area contributed by atoms with Gasteiger partial charge in [-0.15, -0.1) is 0 Å². The molecule has 0 aliphatic rings. The summed E-state index contributed by atoms with van der Waals surface area (Å²) in [6.45, 7) is 2.15. The molecule has 0 aliphatic carbocycles. The zero-order chi connectivity index (χ0) is 12.4. The van der Waals surface area contributed by atoms with E-state index in [1.807, 2.05) is 6.92 Å². The van der Waals surface area contributed by atoms with Crippen LogP contribution in [-0.4, -0.2) is 9.78 Å². The van der Waals surface area contributed by atoms with Crippen LogP contribution in [0.25, 0.3) is 0 Å². The van der Waals surface area contributed by atoms with E-state index in [9.17, 15) is 4.39 Å². The Balaban J connectivity index is 2.40. The zero-order valence-electron chi connectivity index (χ0n) is 9.77. The summed E-state index contributed by atoms with van der Waals surface area (Å²) in [6.07, 6.45) is 0. The summed E-state index contributed by atoms with van der Waals surface area (Å²) in [6, 6.07) is 6.24. The van der Waals surface area contributed by atoms with Crippen molar-refractivity contribution in [3.05, 3.63) is 41.3 Å². The first-order chi connectivity index (χ1) is 8.13. The van der Waals surface area contributed by atoms with Crippen molar-refractivity contribution in [3.63, 3.8) is 0 Å². The molecule has 0 atom stereocenters. The minimum Gasteiger partial charge on any atom is -0.436 e. The number of para-hydroxylation sites is 1. The van der Waals surface area contributed by atoms with Crippen molar-refractivity contribution in [2.75, 3.05) is 0 Å². The fraction of sp³-hybridized carbons (Fsp3) is 0.250. The van der Waals surface area contributed by atoms with Crippen LogP contribution >= 0.6 is 0 Å². The van der Waals surface area contributed by atoms with Gasteiger partial charge in [-0.1, -0.05) is 12.1 Å². The largest absolute Gasteiger partial charge is 0.436 e. The molecule has 2 rings (SSSR count). The first-order valence-electron chi connectivity index (χ1n) is 5.28. The van der Waals surface area contributed by atoms with Gasteiger partial charge in [0, 0.05) is 13.6 Å². The summed E-state index contributed by atoms with van der Waals surface area (Å²) in [4.78, 5) is 0. The molecule has 0 aliphatic heterocycles. The quantitative estimate of drug-likeness (QED) is 0.886. The summed E-state index contributed by atoms with van der Waals surface area (Å²) in [5.41, 5.74) is 7.21. The summed E-state index contributed by atoms with van der Waals surface area (Å²) in [5, 5.41) is 4.20. The third-order valence-electron chi connectivity index (χ3n) is 2.54. The molecule has 5 heteroatoms. The molecule has 0 saturated carbocycles. The van der Waals surface area contributed by atoms with E-state index in [2.05, 4.69) is 5.10 Å². The second kappa shape index (κ2) is 4.55. The van der Waals surface area contributed by atoms with Crippen LogP contribution in [0.1, 0.15) is 11.3 Å². The first-order valence-corrected chi connectivity index (χ1v) is 5.28. The molecule has 1 aromatic carbocycles. The van der Waals surface area contributed by atoms with Crippen molar-refractivity contribution in [1.82, 2.24) is 9.78 Å². The molecule has 1 aromatic heterocycles. The molecule has 0 unspecified atom stereocenters. The summed E-state index contributed by atoms with van der Waals surface area (Å²) in [5.74, 6) is 0.245. The van der Waals surface area contributed by atoms with Gasteiger partial charge in [0.1, 0.15) is 0 Å². The molecular weight excluding hydrogens is 221 g/mol. The van der Waals surface area contributed by atoms with Gasteiger partial charge in [0.25, 0.3) is 0 Å². The number of benzene rings is 1. The predicted octanol–water partition coefficient (Wildman–Crippen LogP) is 2.12. The van der Waals surface area contributed by atoms with E-state index in [0.717, 1.165) is 11.3 Å². The molecule has 0 saturated heterocycles. The van der Waals surface area contributed by atoms with Gasteiger partial charge in [0.2, 0.25) is 5.88 Å². The highest BCUT2D eigenvalue weighted by Gasteiger charge is 2.15. The Bertz CT molecular complexity index is 537. The van der Waals surface area contributed by atoms with Gasteiger partial charge in [-0.3, -0.25) is 0 Å². The number of halogens is 1.